The van der Waals surface area contributed by atoms with E-state index in [-0.39, 0.29) is 72.9 Å². The molecule has 0 aromatic heterocycles. The van der Waals surface area contributed by atoms with Gasteiger partial charge in [0.1, 0.15) is 11.6 Å². The third kappa shape index (κ3) is 6.58. The molecule has 40 heavy (non-hydrogen) atoms. The van der Waals surface area contributed by atoms with Crippen LogP contribution in [0.15, 0.2) is 18.2 Å². The number of nitrogens with one attached hydrogen (secondary N) is 2. The monoisotopic (exact) mass is 598 g/mol. The SMILES string of the molecule is CCOc1cc2c(c(F)c1OCC)C(=N)N(CC(=O)c1cc(N3CCNCC3)c(OC)c(C(C)(C)C)c1)C2.Cl.Cl. The van der Waals surface area contributed by atoms with Crippen molar-refractivity contribution in [2.45, 2.75) is 46.6 Å². The minimum absolute atomic E-state index is 0. The number of piperazine rings is 1. The van der Waals surface area contributed by atoms with Crippen LogP contribution < -0.4 is 24.4 Å². The molecule has 0 unspecified atom stereocenters. The Hall–Kier alpha value is -2.75. The van der Waals surface area contributed by atoms with E-state index in [0.29, 0.717) is 23.5 Å². The number of methoxy groups -OCH3 is 1. The van der Waals surface area contributed by atoms with Gasteiger partial charge in [-0.15, -0.1) is 24.8 Å². The van der Waals surface area contributed by atoms with Crippen molar-refractivity contribution in [1.82, 2.24) is 10.2 Å². The number of carbonyl (C=O) groups excluding carboxylic acids is 1. The van der Waals surface area contributed by atoms with E-state index in [0.717, 1.165) is 43.2 Å². The summed E-state index contributed by atoms with van der Waals surface area (Å²) in [7, 11) is 1.67. The molecular weight excluding hydrogens is 558 g/mol. The average molecular weight is 600 g/mol. The smallest absolute Gasteiger partial charge is 0.197 e. The highest BCUT2D eigenvalue weighted by Gasteiger charge is 2.34. The van der Waals surface area contributed by atoms with Gasteiger partial charge in [0.15, 0.2) is 23.1 Å². The molecule has 4 rings (SSSR count). The Morgan fingerprint density at radius 1 is 1.05 bits per heavy atom. The second kappa shape index (κ2) is 13.7. The Balaban J connectivity index is 0.00000280. The summed E-state index contributed by atoms with van der Waals surface area (Å²) in [5.41, 5.74) is 2.93. The second-order valence-electron chi connectivity index (χ2n) is 10.6. The minimum atomic E-state index is -0.617. The van der Waals surface area contributed by atoms with Gasteiger partial charge in [-0.2, -0.15) is 0 Å². The Morgan fingerprint density at radius 3 is 2.27 bits per heavy atom. The Bertz CT molecular complexity index is 1230. The van der Waals surface area contributed by atoms with E-state index in [1.165, 1.54) is 0 Å². The average Bonchev–Trinajstić information content (AvgIpc) is 3.20. The quantitative estimate of drug-likeness (QED) is 0.383. The molecule has 0 aliphatic carbocycles. The highest BCUT2D eigenvalue weighted by atomic mass is 35.5. The summed E-state index contributed by atoms with van der Waals surface area (Å²) in [6, 6.07) is 5.52. The summed E-state index contributed by atoms with van der Waals surface area (Å²) >= 11 is 0. The van der Waals surface area contributed by atoms with Crippen LogP contribution >= 0.6 is 24.8 Å². The number of hydrogen-bond acceptors (Lipinski definition) is 7. The first kappa shape index (κ1) is 33.5. The zero-order chi connectivity index (χ0) is 27.6. The molecule has 2 heterocycles. The molecule has 2 aliphatic heterocycles. The van der Waals surface area contributed by atoms with E-state index in [2.05, 4.69) is 31.0 Å². The number of amidine groups is 1. The normalized spacial score (nSPS) is 14.7. The first-order valence-electron chi connectivity index (χ1n) is 13.3. The molecule has 1 saturated heterocycles. The van der Waals surface area contributed by atoms with Gasteiger partial charge in [-0.3, -0.25) is 10.2 Å². The van der Waals surface area contributed by atoms with Crippen LogP contribution in [0.1, 0.15) is 61.7 Å². The number of rotatable bonds is 9. The number of ether oxygens (including phenoxy) is 3. The standard InChI is InChI=1S/C29H39FN4O4.2ClH/c1-7-37-23-15-19-16-34(28(31)24(19)25(30)27(23)38-8-2)17-22(35)18-13-20(29(3,4)5)26(36-6)21(14-18)33-11-9-32-10-12-33;;/h13-15,31-32H,7-12,16-17H2,1-6H3;2*1H. The largest absolute Gasteiger partial charge is 0.494 e. The van der Waals surface area contributed by atoms with E-state index in [1.807, 2.05) is 19.1 Å². The van der Waals surface area contributed by atoms with Gasteiger partial charge in [-0.25, -0.2) is 4.39 Å². The Labute approximate surface area is 248 Å². The highest BCUT2D eigenvalue weighted by molar-refractivity contribution is 6.06. The molecule has 2 N–H and O–H groups in total. The van der Waals surface area contributed by atoms with Gasteiger partial charge in [0.05, 0.1) is 38.1 Å². The van der Waals surface area contributed by atoms with E-state index in [9.17, 15) is 4.79 Å². The number of nitrogens with zero attached hydrogens (tertiary/aromatic N) is 2. The highest BCUT2D eigenvalue weighted by Crippen LogP contribution is 2.41. The summed E-state index contributed by atoms with van der Waals surface area (Å²) < 4.78 is 32.5. The summed E-state index contributed by atoms with van der Waals surface area (Å²) in [6.45, 7) is 14.1. The molecule has 2 aliphatic rings. The predicted octanol–water partition coefficient (Wildman–Crippen LogP) is 5.21. The van der Waals surface area contributed by atoms with Crippen molar-refractivity contribution < 1.29 is 23.4 Å². The molecule has 0 atom stereocenters. The Morgan fingerprint density at radius 2 is 1.70 bits per heavy atom. The van der Waals surface area contributed by atoms with Gasteiger partial charge in [0.2, 0.25) is 0 Å². The fraction of sp³-hybridized carbons (Fsp3) is 0.517. The number of halogens is 3. The van der Waals surface area contributed by atoms with Crippen molar-refractivity contribution in [3.05, 3.63) is 46.3 Å². The van der Waals surface area contributed by atoms with Crippen LogP contribution in [-0.4, -0.2) is 69.6 Å². The zero-order valence-electron chi connectivity index (χ0n) is 24.1. The first-order chi connectivity index (χ1) is 18.1. The molecule has 0 spiro atoms. The van der Waals surface area contributed by atoms with Gasteiger partial charge in [0.25, 0.3) is 0 Å². The van der Waals surface area contributed by atoms with Gasteiger partial charge >= 0.3 is 0 Å². The van der Waals surface area contributed by atoms with Crippen molar-refractivity contribution in [1.29, 1.82) is 5.41 Å². The molecule has 0 saturated carbocycles. The van der Waals surface area contributed by atoms with Crippen LogP contribution in [0.2, 0.25) is 0 Å². The van der Waals surface area contributed by atoms with Crippen LogP contribution in [0.3, 0.4) is 0 Å². The molecule has 0 radical (unpaired) electrons. The van der Waals surface area contributed by atoms with Crippen LogP contribution in [-0.2, 0) is 12.0 Å². The van der Waals surface area contributed by atoms with Crippen LogP contribution in [0.25, 0.3) is 0 Å². The Kier molecular flexibility index (Phi) is 11.5. The molecule has 0 bridgehead atoms. The molecular formula is C29H41Cl2FN4O4. The van der Waals surface area contributed by atoms with E-state index in [4.69, 9.17) is 19.6 Å². The lowest BCUT2D eigenvalue weighted by molar-refractivity contribution is 0.0962. The fourth-order valence-electron chi connectivity index (χ4n) is 5.11. The number of hydrogen-bond donors (Lipinski definition) is 2. The van der Waals surface area contributed by atoms with E-state index in [1.54, 1.807) is 25.0 Å². The van der Waals surface area contributed by atoms with Gasteiger partial charge in [0, 0.05) is 43.9 Å². The maximum atomic E-state index is 15.5. The summed E-state index contributed by atoms with van der Waals surface area (Å²) in [5, 5.41) is 12.1. The first-order valence-corrected chi connectivity index (χ1v) is 13.3. The number of anilines is 1. The van der Waals surface area contributed by atoms with Crippen molar-refractivity contribution in [2.75, 3.05) is 57.9 Å². The fourth-order valence-corrected chi connectivity index (χ4v) is 5.11. The van der Waals surface area contributed by atoms with E-state index < -0.39 is 5.82 Å². The zero-order valence-corrected chi connectivity index (χ0v) is 25.7. The van der Waals surface area contributed by atoms with Crippen molar-refractivity contribution in [3.63, 3.8) is 0 Å². The van der Waals surface area contributed by atoms with Crippen LogP contribution in [0.4, 0.5) is 10.1 Å². The maximum Gasteiger partial charge on any atom is 0.197 e. The molecule has 0 amide bonds. The number of Topliss-reactive ketones (excluding diaryl/α,β-unsaturated/α-hetero) is 1. The number of carbonyl (C=O) groups is 1. The van der Waals surface area contributed by atoms with Gasteiger partial charge < -0.3 is 29.3 Å². The molecule has 1 fully saturated rings. The maximum absolute atomic E-state index is 15.5. The minimum Gasteiger partial charge on any atom is -0.494 e. The second-order valence-corrected chi connectivity index (χ2v) is 10.6. The van der Waals surface area contributed by atoms with Crippen molar-refractivity contribution >= 4 is 42.1 Å². The van der Waals surface area contributed by atoms with Crippen molar-refractivity contribution in [2.24, 2.45) is 0 Å². The lowest BCUT2D eigenvalue weighted by Gasteiger charge is -2.33. The lowest BCUT2D eigenvalue weighted by atomic mass is 9.84. The summed E-state index contributed by atoms with van der Waals surface area (Å²) in [5.74, 6) is 0.331. The predicted molar refractivity (Wildman–Crippen MR) is 162 cm³/mol. The number of ketones is 1. The molecule has 222 valence electrons. The third-order valence-corrected chi connectivity index (χ3v) is 6.97. The third-order valence-electron chi connectivity index (χ3n) is 6.97. The molecule has 8 nitrogen and oxygen atoms in total. The summed E-state index contributed by atoms with van der Waals surface area (Å²) in [6.07, 6.45) is 0. The van der Waals surface area contributed by atoms with Crippen molar-refractivity contribution in [3.8, 4) is 17.2 Å². The van der Waals surface area contributed by atoms with E-state index >= 15 is 4.39 Å². The topological polar surface area (TPSA) is 87.1 Å². The number of benzene rings is 2. The molecule has 2 aromatic carbocycles. The molecule has 2 aromatic rings. The van der Waals surface area contributed by atoms with Crippen LogP contribution in [0, 0.1) is 11.2 Å². The van der Waals surface area contributed by atoms with Gasteiger partial charge in [-0.1, -0.05) is 20.8 Å². The molecule has 11 heteroatoms. The lowest BCUT2D eigenvalue weighted by Crippen LogP contribution is -2.44. The summed E-state index contributed by atoms with van der Waals surface area (Å²) in [4.78, 5) is 17.5. The number of fused-ring (bicyclic) bond motifs is 1. The van der Waals surface area contributed by atoms with Gasteiger partial charge in [-0.05, 0) is 43.0 Å². The van der Waals surface area contributed by atoms with Crippen LogP contribution in [0.5, 0.6) is 17.2 Å².